The monoisotopic (exact) mass is 240 g/mol. The topological polar surface area (TPSA) is 91.5 Å². The maximum absolute atomic E-state index is 11.2. The van der Waals surface area contributed by atoms with E-state index < -0.39 is 0 Å². The number of carbonyl (C=O) groups is 1. The summed E-state index contributed by atoms with van der Waals surface area (Å²) in [6.45, 7) is 0. The molecule has 0 unspecified atom stereocenters. The molecule has 3 aromatic rings. The van der Waals surface area contributed by atoms with E-state index in [1.54, 1.807) is 18.2 Å². The van der Waals surface area contributed by atoms with Crippen molar-refractivity contribution in [1.29, 1.82) is 0 Å². The lowest BCUT2D eigenvalue weighted by atomic mass is 10.1. The summed E-state index contributed by atoms with van der Waals surface area (Å²) in [4.78, 5) is 35.1. The average molecular weight is 240 g/mol. The number of fused-ring (bicyclic) bond motifs is 1. The molecule has 0 bridgehead atoms. The number of aromatic amines is 2. The highest BCUT2D eigenvalue weighted by molar-refractivity contribution is 5.81. The van der Waals surface area contributed by atoms with Gasteiger partial charge in [0.15, 0.2) is 6.29 Å². The predicted molar refractivity (Wildman–Crippen MR) is 65.3 cm³/mol. The molecule has 0 saturated carbocycles. The van der Waals surface area contributed by atoms with Gasteiger partial charge in [-0.15, -0.1) is 0 Å². The van der Waals surface area contributed by atoms with E-state index in [0.717, 1.165) is 11.1 Å². The molecule has 88 valence electrons. The number of nitrogens with one attached hydrogen (secondary N) is 2. The van der Waals surface area contributed by atoms with Crippen LogP contribution >= 0.6 is 0 Å². The van der Waals surface area contributed by atoms with Gasteiger partial charge in [0.25, 0.3) is 0 Å². The highest BCUT2D eigenvalue weighted by Gasteiger charge is 2.04. The molecule has 18 heavy (non-hydrogen) atoms. The summed E-state index contributed by atoms with van der Waals surface area (Å²) in [5.41, 5.74) is 2.94. The molecule has 0 amide bonds. The molecule has 0 saturated heterocycles. The molecule has 0 atom stereocenters. The summed E-state index contributed by atoms with van der Waals surface area (Å²) >= 11 is 0. The van der Waals surface area contributed by atoms with Crippen molar-refractivity contribution >= 4 is 17.3 Å². The summed E-state index contributed by atoms with van der Waals surface area (Å²) in [6.07, 6.45) is 2.00. The second-order valence-corrected chi connectivity index (χ2v) is 3.79. The Labute approximate surface area is 101 Å². The third-order valence-electron chi connectivity index (χ3n) is 2.62. The number of aldehydes is 1. The van der Waals surface area contributed by atoms with Crippen molar-refractivity contribution in [3.63, 3.8) is 0 Å². The standard InChI is InChI=1S/C12H8N4O2/c17-5-8-4-10(14-6-13-8)7-1-2-9-11(3-7)16-12(18)15-9/h1-6H,(H2,15,16,18). The Morgan fingerprint density at radius 3 is 2.72 bits per heavy atom. The molecular weight excluding hydrogens is 232 g/mol. The molecule has 0 fully saturated rings. The Balaban J connectivity index is 2.18. The molecule has 2 heterocycles. The van der Waals surface area contributed by atoms with Crippen LogP contribution in [0.1, 0.15) is 10.5 Å². The van der Waals surface area contributed by atoms with Crippen molar-refractivity contribution in [2.45, 2.75) is 0 Å². The summed E-state index contributed by atoms with van der Waals surface area (Å²) in [6, 6.07) is 7.00. The van der Waals surface area contributed by atoms with Gasteiger partial charge < -0.3 is 9.97 Å². The first-order chi connectivity index (χ1) is 8.76. The van der Waals surface area contributed by atoms with Crippen LogP contribution in [0.4, 0.5) is 0 Å². The van der Waals surface area contributed by atoms with Crippen LogP contribution in [0.5, 0.6) is 0 Å². The Bertz CT molecular complexity index is 788. The number of carbonyl (C=O) groups excluding carboxylic acids is 1. The van der Waals surface area contributed by atoms with Crippen molar-refractivity contribution in [3.05, 3.63) is 46.8 Å². The maximum Gasteiger partial charge on any atom is 0.323 e. The van der Waals surface area contributed by atoms with Crippen molar-refractivity contribution in [3.8, 4) is 11.3 Å². The largest absolute Gasteiger partial charge is 0.323 e. The van der Waals surface area contributed by atoms with Crippen LogP contribution in [0.2, 0.25) is 0 Å². The molecule has 0 aliphatic rings. The first-order valence-electron chi connectivity index (χ1n) is 5.26. The van der Waals surface area contributed by atoms with Gasteiger partial charge in [-0.2, -0.15) is 0 Å². The van der Waals surface area contributed by atoms with E-state index in [0.29, 0.717) is 23.2 Å². The zero-order valence-electron chi connectivity index (χ0n) is 9.18. The smallest absolute Gasteiger partial charge is 0.306 e. The van der Waals surface area contributed by atoms with E-state index in [2.05, 4.69) is 19.9 Å². The Kier molecular flexibility index (Phi) is 2.26. The van der Waals surface area contributed by atoms with E-state index >= 15 is 0 Å². The number of aromatic nitrogens is 4. The zero-order valence-corrected chi connectivity index (χ0v) is 9.18. The van der Waals surface area contributed by atoms with Crippen LogP contribution in [0.25, 0.3) is 22.3 Å². The lowest BCUT2D eigenvalue weighted by Crippen LogP contribution is -1.99. The Morgan fingerprint density at radius 2 is 1.89 bits per heavy atom. The molecule has 6 nitrogen and oxygen atoms in total. The molecular formula is C12H8N4O2. The van der Waals surface area contributed by atoms with Gasteiger partial charge in [0, 0.05) is 5.56 Å². The minimum Gasteiger partial charge on any atom is -0.306 e. The highest BCUT2D eigenvalue weighted by Crippen LogP contribution is 2.20. The first kappa shape index (κ1) is 10.4. The second kappa shape index (κ2) is 3.92. The molecule has 0 radical (unpaired) electrons. The first-order valence-corrected chi connectivity index (χ1v) is 5.26. The molecule has 1 aromatic carbocycles. The molecule has 0 aliphatic carbocycles. The van der Waals surface area contributed by atoms with Crippen molar-refractivity contribution in [2.24, 2.45) is 0 Å². The van der Waals surface area contributed by atoms with Crippen molar-refractivity contribution in [1.82, 2.24) is 19.9 Å². The quantitative estimate of drug-likeness (QED) is 0.657. The Hall–Kier alpha value is -2.76. The van der Waals surface area contributed by atoms with E-state index in [9.17, 15) is 9.59 Å². The van der Waals surface area contributed by atoms with E-state index in [1.165, 1.54) is 6.33 Å². The van der Waals surface area contributed by atoms with Gasteiger partial charge in [0.1, 0.15) is 12.0 Å². The number of benzene rings is 1. The van der Waals surface area contributed by atoms with Crippen molar-refractivity contribution < 1.29 is 4.79 Å². The number of hydrogen-bond acceptors (Lipinski definition) is 4. The SMILES string of the molecule is O=Cc1cc(-c2ccc3[nH]c(=O)[nH]c3c2)ncn1. The third kappa shape index (κ3) is 1.69. The highest BCUT2D eigenvalue weighted by atomic mass is 16.1. The second-order valence-electron chi connectivity index (χ2n) is 3.79. The number of rotatable bonds is 2. The summed E-state index contributed by atoms with van der Waals surface area (Å²) in [5.74, 6) is 0. The minimum atomic E-state index is -0.251. The Morgan fingerprint density at radius 1 is 1.06 bits per heavy atom. The van der Waals surface area contributed by atoms with Crippen LogP contribution in [-0.2, 0) is 0 Å². The van der Waals surface area contributed by atoms with Gasteiger partial charge in [-0.1, -0.05) is 6.07 Å². The van der Waals surface area contributed by atoms with Gasteiger partial charge in [0.2, 0.25) is 0 Å². The fraction of sp³-hybridized carbons (Fsp3) is 0. The summed E-state index contributed by atoms with van der Waals surface area (Å²) < 4.78 is 0. The van der Waals surface area contributed by atoms with Crippen LogP contribution in [-0.4, -0.2) is 26.2 Å². The predicted octanol–water partition coefficient (Wildman–Crippen LogP) is 1.13. The van der Waals surface area contributed by atoms with Crippen LogP contribution < -0.4 is 5.69 Å². The van der Waals surface area contributed by atoms with Gasteiger partial charge in [-0.3, -0.25) is 4.79 Å². The fourth-order valence-electron chi connectivity index (χ4n) is 1.79. The molecule has 0 aliphatic heterocycles. The lowest BCUT2D eigenvalue weighted by molar-refractivity contribution is 0.111. The summed E-state index contributed by atoms with van der Waals surface area (Å²) in [5, 5.41) is 0. The minimum absolute atomic E-state index is 0.251. The average Bonchev–Trinajstić information content (AvgIpc) is 2.77. The van der Waals surface area contributed by atoms with E-state index in [4.69, 9.17) is 0 Å². The van der Waals surface area contributed by atoms with Gasteiger partial charge >= 0.3 is 5.69 Å². The van der Waals surface area contributed by atoms with Gasteiger partial charge in [-0.05, 0) is 18.2 Å². The lowest BCUT2D eigenvalue weighted by Gasteiger charge is -2.00. The zero-order chi connectivity index (χ0) is 12.5. The van der Waals surface area contributed by atoms with E-state index in [-0.39, 0.29) is 5.69 Å². The van der Waals surface area contributed by atoms with E-state index in [1.807, 2.05) is 6.07 Å². The van der Waals surface area contributed by atoms with Crippen LogP contribution in [0.15, 0.2) is 35.4 Å². The molecule has 0 spiro atoms. The number of nitrogens with zero attached hydrogens (tertiary/aromatic N) is 2. The molecule has 2 aromatic heterocycles. The number of imidazole rings is 1. The third-order valence-corrected chi connectivity index (χ3v) is 2.62. The van der Waals surface area contributed by atoms with Crippen molar-refractivity contribution in [2.75, 3.05) is 0 Å². The summed E-state index contributed by atoms with van der Waals surface area (Å²) in [7, 11) is 0. The van der Waals surface area contributed by atoms with Gasteiger partial charge in [-0.25, -0.2) is 14.8 Å². The van der Waals surface area contributed by atoms with Crippen LogP contribution in [0.3, 0.4) is 0 Å². The molecule has 3 rings (SSSR count). The fourth-order valence-corrected chi connectivity index (χ4v) is 1.79. The normalized spacial score (nSPS) is 10.7. The van der Waals surface area contributed by atoms with Gasteiger partial charge in [0.05, 0.1) is 16.7 Å². The van der Waals surface area contributed by atoms with Crippen LogP contribution in [0, 0.1) is 0 Å². The number of H-pyrrole nitrogens is 2. The molecule has 2 N–H and O–H groups in total. The molecule has 6 heteroatoms. The number of hydrogen-bond donors (Lipinski definition) is 2. The maximum atomic E-state index is 11.2.